The van der Waals surface area contributed by atoms with Crippen LogP contribution in [0.15, 0.2) is 60.7 Å². The molecule has 2 aromatic rings. The van der Waals surface area contributed by atoms with Gasteiger partial charge in [0.25, 0.3) is 5.92 Å². The molecule has 3 nitrogen and oxygen atoms in total. The lowest BCUT2D eigenvalue weighted by atomic mass is 9.94. The molecular formula is C21H23F2NO2. The predicted molar refractivity (Wildman–Crippen MR) is 96.0 cm³/mol. The van der Waals surface area contributed by atoms with Gasteiger partial charge in [0.2, 0.25) is 0 Å². The summed E-state index contributed by atoms with van der Waals surface area (Å²) in [5.74, 6) is -3.57. The van der Waals surface area contributed by atoms with E-state index in [1.165, 1.54) is 0 Å². The smallest absolute Gasteiger partial charge is 0.320 e. The highest BCUT2D eigenvalue weighted by Crippen LogP contribution is 2.35. The first kappa shape index (κ1) is 18.5. The molecule has 1 saturated carbocycles. The minimum Gasteiger partial charge on any atom is -0.455 e. The quantitative estimate of drug-likeness (QED) is 0.773. The van der Waals surface area contributed by atoms with Gasteiger partial charge in [-0.25, -0.2) is 8.78 Å². The Balaban J connectivity index is 1.65. The van der Waals surface area contributed by atoms with Crippen LogP contribution in [0.4, 0.5) is 8.78 Å². The summed E-state index contributed by atoms with van der Waals surface area (Å²) in [5.41, 5.74) is 1.99. The van der Waals surface area contributed by atoms with Gasteiger partial charge in [0.05, 0.1) is 12.6 Å². The minimum absolute atomic E-state index is 0.124. The summed E-state index contributed by atoms with van der Waals surface area (Å²) in [5, 5.41) is 3.15. The fourth-order valence-corrected chi connectivity index (χ4v) is 3.31. The Morgan fingerprint density at radius 3 is 2.15 bits per heavy atom. The lowest BCUT2D eigenvalue weighted by Gasteiger charge is -2.31. The van der Waals surface area contributed by atoms with E-state index in [-0.39, 0.29) is 25.4 Å². The van der Waals surface area contributed by atoms with Crippen molar-refractivity contribution in [2.75, 3.05) is 6.54 Å². The Morgan fingerprint density at radius 1 is 1.04 bits per heavy atom. The third kappa shape index (κ3) is 4.67. The number of carbonyl (C=O) groups is 1. The van der Waals surface area contributed by atoms with E-state index in [2.05, 4.69) is 5.32 Å². The summed E-state index contributed by atoms with van der Waals surface area (Å²) < 4.78 is 32.8. The van der Waals surface area contributed by atoms with E-state index >= 15 is 0 Å². The van der Waals surface area contributed by atoms with Gasteiger partial charge in [-0.15, -0.1) is 0 Å². The van der Waals surface area contributed by atoms with Crippen molar-refractivity contribution in [3.63, 3.8) is 0 Å². The van der Waals surface area contributed by atoms with Crippen molar-refractivity contribution in [1.29, 1.82) is 0 Å². The molecule has 0 aliphatic heterocycles. The van der Waals surface area contributed by atoms with Gasteiger partial charge in [0, 0.05) is 6.42 Å². The maximum Gasteiger partial charge on any atom is 0.320 e. The van der Waals surface area contributed by atoms with Gasteiger partial charge in [-0.05, 0) is 30.4 Å². The third-order valence-corrected chi connectivity index (χ3v) is 4.69. The Labute approximate surface area is 152 Å². The number of rotatable bonds is 6. The molecule has 0 saturated heterocycles. The van der Waals surface area contributed by atoms with Gasteiger partial charge in [0.1, 0.15) is 0 Å². The van der Waals surface area contributed by atoms with Crippen LogP contribution in [0.5, 0.6) is 0 Å². The maximum absolute atomic E-state index is 13.9. The number of ether oxygens (including phenoxy) is 1. The summed E-state index contributed by atoms with van der Waals surface area (Å²) in [6.07, 6.45) is -0.160. The van der Waals surface area contributed by atoms with E-state index in [9.17, 15) is 13.6 Å². The number of nitrogens with one attached hydrogen (secondary N) is 1. The summed E-state index contributed by atoms with van der Waals surface area (Å²) >= 11 is 0. The normalized spacial score (nSPS) is 19.3. The second kappa shape index (κ2) is 8.41. The van der Waals surface area contributed by atoms with Crippen molar-refractivity contribution in [1.82, 2.24) is 5.32 Å². The molecule has 5 heteroatoms. The first-order chi connectivity index (χ1) is 12.6. The fraction of sp³-hybridized carbons (Fsp3) is 0.381. The molecule has 3 rings (SSSR count). The molecule has 138 valence electrons. The molecule has 1 N–H and O–H groups in total. The van der Waals surface area contributed by atoms with Gasteiger partial charge >= 0.3 is 5.97 Å². The zero-order valence-electron chi connectivity index (χ0n) is 14.5. The van der Waals surface area contributed by atoms with Gasteiger partial charge < -0.3 is 4.74 Å². The Kier molecular flexibility index (Phi) is 5.99. The molecule has 0 heterocycles. The number of esters is 1. The SMILES string of the molecule is O=C(CNC(c1ccccc1)c1ccccc1)O[C@H]1CCCCC1(F)F. The van der Waals surface area contributed by atoms with Crippen molar-refractivity contribution >= 4 is 5.97 Å². The van der Waals surface area contributed by atoms with Crippen LogP contribution < -0.4 is 5.32 Å². The van der Waals surface area contributed by atoms with Crippen molar-refractivity contribution < 1.29 is 18.3 Å². The largest absolute Gasteiger partial charge is 0.455 e. The number of hydrogen-bond donors (Lipinski definition) is 1. The van der Waals surface area contributed by atoms with E-state index in [1.54, 1.807) is 0 Å². The fourth-order valence-electron chi connectivity index (χ4n) is 3.31. The lowest BCUT2D eigenvalue weighted by molar-refractivity contribution is -0.181. The number of benzene rings is 2. The third-order valence-electron chi connectivity index (χ3n) is 4.69. The van der Waals surface area contributed by atoms with Crippen LogP contribution in [-0.4, -0.2) is 24.5 Å². The Morgan fingerprint density at radius 2 is 1.62 bits per heavy atom. The second-order valence-corrected chi connectivity index (χ2v) is 6.62. The highest BCUT2D eigenvalue weighted by atomic mass is 19.3. The Hall–Kier alpha value is -2.27. The lowest BCUT2D eigenvalue weighted by Crippen LogP contribution is -2.42. The molecule has 1 fully saturated rings. The monoisotopic (exact) mass is 359 g/mol. The second-order valence-electron chi connectivity index (χ2n) is 6.62. The summed E-state index contributed by atoms with van der Waals surface area (Å²) in [4.78, 5) is 12.1. The standard InChI is InChI=1S/C21H23F2NO2/c22-21(23)14-8-7-13-18(21)26-19(25)15-24-20(16-9-3-1-4-10-16)17-11-5-2-6-12-17/h1-6,9-12,18,20,24H,7-8,13-15H2/t18-/m0/s1. The molecule has 0 aromatic heterocycles. The molecule has 0 spiro atoms. The van der Waals surface area contributed by atoms with Crippen LogP contribution in [0.3, 0.4) is 0 Å². The number of halogens is 2. The van der Waals surface area contributed by atoms with Crippen LogP contribution in [0.25, 0.3) is 0 Å². The van der Waals surface area contributed by atoms with E-state index in [1.807, 2.05) is 60.7 Å². The maximum atomic E-state index is 13.9. The topological polar surface area (TPSA) is 38.3 Å². The van der Waals surface area contributed by atoms with E-state index in [0.717, 1.165) is 11.1 Å². The molecule has 2 aromatic carbocycles. The average Bonchev–Trinajstić information content (AvgIpc) is 2.65. The van der Waals surface area contributed by atoms with E-state index < -0.39 is 18.0 Å². The van der Waals surface area contributed by atoms with Crippen molar-refractivity contribution in [2.45, 2.75) is 43.8 Å². The minimum atomic E-state index is -2.92. The number of carbonyl (C=O) groups excluding carboxylic acids is 1. The van der Waals surface area contributed by atoms with Crippen LogP contribution in [0.2, 0.25) is 0 Å². The molecule has 1 aliphatic carbocycles. The molecule has 0 unspecified atom stereocenters. The average molecular weight is 359 g/mol. The van der Waals surface area contributed by atoms with Gasteiger partial charge in [-0.1, -0.05) is 60.7 Å². The van der Waals surface area contributed by atoms with Crippen LogP contribution >= 0.6 is 0 Å². The number of alkyl halides is 2. The molecular weight excluding hydrogens is 336 g/mol. The zero-order chi connectivity index (χ0) is 18.4. The highest BCUT2D eigenvalue weighted by molar-refractivity contribution is 5.72. The summed E-state index contributed by atoms with van der Waals surface area (Å²) in [6.45, 7) is -0.124. The zero-order valence-corrected chi connectivity index (χ0v) is 14.5. The van der Waals surface area contributed by atoms with Crippen molar-refractivity contribution in [3.8, 4) is 0 Å². The first-order valence-electron chi connectivity index (χ1n) is 8.97. The van der Waals surface area contributed by atoms with Crippen molar-refractivity contribution in [3.05, 3.63) is 71.8 Å². The molecule has 0 bridgehead atoms. The van der Waals surface area contributed by atoms with Crippen LogP contribution in [0, 0.1) is 0 Å². The molecule has 1 atom stereocenters. The van der Waals surface area contributed by atoms with Crippen LogP contribution in [-0.2, 0) is 9.53 Å². The molecule has 0 amide bonds. The van der Waals surface area contributed by atoms with Gasteiger partial charge in [-0.2, -0.15) is 0 Å². The Bertz CT molecular complexity index is 667. The summed E-state index contributed by atoms with van der Waals surface area (Å²) in [7, 11) is 0. The van der Waals surface area contributed by atoms with Crippen molar-refractivity contribution in [2.24, 2.45) is 0 Å². The van der Waals surface area contributed by atoms with Crippen LogP contribution in [0.1, 0.15) is 42.9 Å². The van der Waals surface area contributed by atoms with E-state index in [4.69, 9.17) is 4.74 Å². The molecule has 26 heavy (non-hydrogen) atoms. The summed E-state index contributed by atoms with van der Waals surface area (Å²) in [6, 6.07) is 19.2. The van der Waals surface area contributed by atoms with Gasteiger partial charge in [-0.3, -0.25) is 10.1 Å². The van der Waals surface area contributed by atoms with Gasteiger partial charge in [0.15, 0.2) is 6.10 Å². The predicted octanol–water partition coefficient (Wildman–Crippen LogP) is 4.49. The highest BCUT2D eigenvalue weighted by Gasteiger charge is 2.44. The molecule has 1 aliphatic rings. The number of hydrogen-bond acceptors (Lipinski definition) is 3. The first-order valence-corrected chi connectivity index (χ1v) is 8.97. The molecule has 0 radical (unpaired) electrons. The van der Waals surface area contributed by atoms with E-state index in [0.29, 0.717) is 12.8 Å².